The SMILES string of the molecule is Cc1noc(NC(C)CS(C)=O)n1. The predicted octanol–water partition coefficient (Wildman–Crippen LogP) is 0.557. The molecule has 0 aliphatic rings. The van der Waals surface area contributed by atoms with Crippen molar-refractivity contribution in [3.8, 4) is 0 Å². The first-order valence-electron chi connectivity index (χ1n) is 3.95. The molecule has 1 aromatic heterocycles. The van der Waals surface area contributed by atoms with Gasteiger partial charge in [0.15, 0.2) is 5.82 Å². The lowest BCUT2D eigenvalue weighted by Crippen LogP contribution is -2.22. The maximum atomic E-state index is 10.9. The van der Waals surface area contributed by atoms with Gasteiger partial charge in [-0.05, 0) is 13.8 Å². The summed E-state index contributed by atoms with van der Waals surface area (Å²) >= 11 is 0. The van der Waals surface area contributed by atoms with Gasteiger partial charge in [0, 0.05) is 28.9 Å². The van der Waals surface area contributed by atoms with E-state index < -0.39 is 10.8 Å². The molecule has 2 unspecified atom stereocenters. The van der Waals surface area contributed by atoms with E-state index in [0.717, 1.165) is 0 Å². The van der Waals surface area contributed by atoms with E-state index in [1.54, 1.807) is 13.2 Å². The Bertz CT molecular complexity index is 300. The topological polar surface area (TPSA) is 68.0 Å². The molecule has 0 bridgehead atoms. The van der Waals surface area contributed by atoms with Crippen molar-refractivity contribution in [3.63, 3.8) is 0 Å². The normalized spacial score (nSPS) is 15.3. The van der Waals surface area contributed by atoms with Gasteiger partial charge >= 0.3 is 6.01 Å². The van der Waals surface area contributed by atoms with Gasteiger partial charge in [0.05, 0.1) is 0 Å². The van der Waals surface area contributed by atoms with Crippen LogP contribution in [0, 0.1) is 6.92 Å². The van der Waals surface area contributed by atoms with E-state index in [9.17, 15) is 4.21 Å². The van der Waals surface area contributed by atoms with Crippen LogP contribution in [0.2, 0.25) is 0 Å². The number of anilines is 1. The van der Waals surface area contributed by atoms with Crippen LogP contribution >= 0.6 is 0 Å². The maximum absolute atomic E-state index is 10.9. The van der Waals surface area contributed by atoms with Crippen LogP contribution in [-0.4, -0.2) is 32.4 Å². The molecular weight excluding hydrogens is 190 g/mol. The Kier molecular flexibility index (Phi) is 3.41. The predicted molar refractivity (Wildman–Crippen MR) is 51.1 cm³/mol. The summed E-state index contributed by atoms with van der Waals surface area (Å²) in [5.41, 5.74) is 0. The summed E-state index contributed by atoms with van der Waals surface area (Å²) in [6.45, 7) is 3.66. The number of hydrogen-bond acceptors (Lipinski definition) is 5. The first-order valence-corrected chi connectivity index (χ1v) is 5.67. The molecule has 5 nitrogen and oxygen atoms in total. The summed E-state index contributed by atoms with van der Waals surface area (Å²) in [7, 11) is -0.815. The average Bonchev–Trinajstić information content (AvgIpc) is 2.33. The van der Waals surface area contributed by atoms with Crippen LogP contribution in [0.3, 0.4) is 0 Å². The number of hydrogen-bond donors (Lipinski definition) is 1. The summed E-state index contributed by atoms with van der Waals surface area (Å²) in [4.78, 5) is 3.97. The Labute approximate surface area is 79.4 Å². The Balaban J connectivity index is 2.44. The lowest BCUT2D eigenvalue weighted by atomic mass is 10.4. The molecular formula is C7H13N3O2S. The Morgan fingerprint density at radius 2 is 2.38 bits per heavy atom. The molecule has 0 radical (unpaired) electrons. The quantitative estimate of drug-likeness (QED) is 0.774. The van der Waals surface area contributed by atoms with Crippen LogP contribution in [-0.2, 0) is 10.8 Å². The molecule has 1 rings (SSSR count). The molecule has 0 aliphatic heterocycles. The third-order valence-electron chi connectivity index (χ3n) is 1.38. The second-order valence-electron chi connectivity index (χ2n) is 2.93. The first kappa shape index (κ1) is 10.2. The Morgan fingerprint density at radius 1 is 1.69 bits per heavy atom. The van der Waals surface area contributed by atoms with Crippen molar-refractivity contribution in [2.75, 3.05) is 17.3 Å². The molecule has 1 aromatic rings. The van der Waals surface area contributed by atoms with Crippen molar-refractivity contribution in [1.82, 2.24) is 10.1 Å². The fraction of sp³-hybridized carbons (Fsp3) is 0.714. The molecule has 1 heterocycles. The van der Waals surface area contributed by atoms with Crippen molar-refractivity contribution in [1.29, 1.82) is 0 Å². The van der Waals surface area contributed by atoms with Crippen LogP contribution in [0.1, 0.15) is 12.7 Å². The highest BCUT2D eigenvalue weighted by Gasteiger charge is 2.08. The fourth-order valence-electron chi connectivity index (χ4n) is 0.960. The van der Waals surface area contributed by atoms with Crippen molar-refractivity contribution >= 4 is 16.8 Å². The zero-order valence-corrected chi connectivity index (χ0v) is 8.72. The zero-order chi connectivity index (χ0) is 9.84. The number of aromatic nitrogens is 2. The van der Waals surface area contributed by atoms with Crippen molar-refractivity contribution in [3.05, 3.63) is 5.82 Å². The average molecular weight is 203 g/mol. The van der Waals surface area contributed by atoms with Gasteiger partial charge in [0.2, 0.25) is 0 Å². The highest BCUT2D eigenvalue weighted by Crippen LogP contribution is 2.04. The molecule has 13 heavy (non-hydrogen) atoms. The van der Waals surface area contributed by atoms with E-state index in [0.29, 0.717) is 17.6 Å². The van der Waals surface area contributed by atoms with Gasteiger partial charge in [-0.2, -0.15) is 4.98 Å². The number of nitrogens with zero attached hydrogens (tertiary/aromatic N) is 2. The molecule has 0 amide bonds. The summed E-state index contributed by atoms with van der Waals surface area (Å²) in [5, 5.41) is 6.59. The van der Waals surface area contributed by atoms with Gasteiger partial charge in [0.25, 0.3) is 0 Å². The van der Waals surface area contributed by atoms with Gasteiger partial charge in [-0.3, -0.25) is 4.21 Å². The second-order valence-corrected chi connectivity index (χ2v) is 4.41. The van der Waals surface area contributed by atoms with Gasteiger partial charge < -0.3 is 9.84 Å². The molecule has 0 aromatic carbocycles. The second kappa shape index (κ2) is 4.36. The number of rotatable bonds is 4. The van der Waals surface area contributed by atoms with Gasteiger partial charge in [-0.1, -0.05) is 5.16 Å². The standard InChI is InChI=1S/C7H13N3O2S/c1-5(4-13(3)11)8-7-9-6(2)10-12-7/h5H,4H2,1-3H3,(H,8,9,10). The summed E-state index contributed by atoms with van der Waals surface area (Å²) in [6, 6.07) is 0.459. The van der Waals surface area contributed by atoms with Gasteiger partial charge in [0.1, 0.15) is 0 Å². The first-order chi connectivity index (χ1) is 6.08. The van der Waals surface area contributed by atoms with E-state index in [4.69, 9.17) is 4.52 Å². The smallest absolute Gasteiger partial charge is 0.321 e. The molecule has 2 atom stereocenters. The molecule has 6 heteroatoms. The molecule has 74 valence electrons. The highest BCUT2D eigenvalue weighted by atomic mass is 32.2. The summed E-state index contributed by atoms with van der Waals surface area (Å²) < 4.78 is 15.7. The van der Waals surface area contributed by atoms with Crippen LogP contribution in [0.4, 0.5) is 6.01 Å². The lowest BCUT2D eigenvalue weighted by molar-refractivity contribution is 0.423. The highest BCUT2D eigenvalue weighted by molar-refractivity contribution is 7.84. The Morgan fingerprint density at radius 3 is 2.85 bits per heavy atom. The molecule has 0 fully saturated rings. The van der Waals surface area contributed by atoms with Crippen molar-refractivity contribution in [2.24, 2.45) is 0 Å². The number of aryl methyl sites for hydroxylation is 1. The summed E-state index contributed by atoms with van der Waals surface area (Å²) in [5.74, 6) is 1.16. The zero-order valence-electron chi connectivity index (χ0n) is 7.90. The maximum Gasteiger partial charge on any atom is 0.321 e. The minimum Gasteiger partial charge on any atom is -0.334 e. The Hall–Kier alpha value is -0.910. The van der Waals surface area contributed by atoms with Gasteiger partial charge in [-0.25, -0.2) is 0 Å². The molecule has 0 saturated heterocycles. The van der Waals surface area contributed by atoms with Crippen LogP contribution < -0.4 is 5.32 Å². The minimum absolute atomic E-state index is 0.0747. The van der Waals surface area contributed by atoms with Crippen LogP contribution in [0.5, 0.6) is 0 Å². The fourth-order valence-corrected chi connectivity index (χ4v) is 1.75. The van der Waals surface area contributed by atoms with E-state index in [1.165, 1.54) is 0 Å². The van der Waals surface area contributed by atoms with E-state index >= 15 is 0 Å². The van der Waals surface area contributed by atoms with Crippen LogP contribution in [0.15, 0.2) is 4.52 Å². The van der Waals surface area contributed by atoms with E-state index in [-0.39, 0.29) is 6.04 Å². The van der Waals surface area contributed by atoms with Crippen molar-refractivity contribution in [2.45, 2.75) is 19.9 Å². The number of nitrogens with one attached hydrogen (secondary N) is 1. The minimum atomic E-state index is -0.815. The lowest BCUT2D eigenvalue weighted by Gasteiger charge is -2.08. The molecule has 0 aliphatic carbocycles. The van der Waals surface area contributed by atoms with Gasteiger partial charge in [-0.15, -0.1) is 0 Å². The molecule has 1 N–H and O–H groups in total. The summed E-state index contributed by atoms with van der Waals surface area (Å²) in [6.07, 6.45) is 1.66. The molecule has 0 spiro atoms. The van der Waals surface area contributed by atoms with E-state index in [1.807, 2.05) is 6.92 Å². The molecule has 0 saturated carbocycles. The monoisotopic (exact) mass is 203 g/mol. The van der Waals surface area contributed by atoms with Crippen LogP contribution in [0.25, 0.3) is 0 Å². The largest absolute Gasteiger partial charge is 0.334 e. The van der Waals surface area contributed by atoms with Crippen molar-refractivity contribution < 1.29 is 8.73 Å². The third kappa shape index (κ3) is 3.54. The van der Waals surface area contributed by atoms with E-state index in [2.05, 4.69) is 15.5 Å². The third-order valence-corrected chi connectivity index (χ3v) is 2.35.